The van der Waals surface area contributed by atoms with Gasteiger partial charge in [-0.25, -0.2) is 4.79 Å². The van der Waals surface area contributed by atoms with Crippen molar-refractivity contribution in [1.82, 2.24) is 5.32 Å². The van der Waals surface area contributed by atoms with Crippen LogP contribution in [-0.4, -0.2) is 47.0 Å². The van der Waals surface area contributed by atoms with Gasteiger partial charge in [-0.15, -0.1) is 0 Å². The van der Waals surface area contributed by atoms with Crippen LogP contribution >= 0.6 is 0 Å². The van der Waals surface area contributed by atoms with E-state index in [1.54, 1.807) is 0 Å². The Morgan fingerprint density at radius 2 is 1.42 bits per heavy atom. The van der Waals surface area contributed by atoms with Crippen molar-refractivity contribution in [2.75, 3.05) is 0 Å². The number of nitrogens with two attached hydrogens (primary N) is 1. The number of esters is 2. The monoisotopic (exact) mass is 496 g/mol. The SMILES string of the molecule is CCCCCCCCCCCC(=O)N[C@@H](CCC(=O)O)C(=O)OC(=O)CC[C@H](N)C(=O)[O-].[K+]. The van der Waals surface area contributed by atoms with Crippen molar-refractivity contribution in [2.24, 2.45) is 5.73 Å². The predicted octanol–water partition coefficient (Wildman–Crippen LogP) is -1.81. The molecule has 0 unspecified atom stereocenters. The zero-order chi connectivity index (χ0) is 24.4. The van der Waals surface area contributed by atoms with Crippen molar-refractivity contribution in [3.63, 3.8) is 0 Å². The van der Waals surface area contributed by atoms with Gasteiger partial charge in [-0.2, -0.15) is 0 Å². The molecule has 0 heterocycles. The average molecular weight is 497 g/mol. The molecule has 4 N–H and O–H groups in total. The molecule has 10 nitrogen and oxygen atoms in total. The third-order valence-corrected chi connectivity index (χ3v) is 4.95. The van der Waals surface area contributed by atoms with E-state index < -0.39 is 54.7 Å². The summed E-state index contributed by atoms with van der Waals surface area (Å²) >= 11 is 0. The molecule has 0 aliphatic heterocycles. The maximum Gasteiger partial charge on any atom is 1.00 e. The molecule has 0 spiro atoms. The van der Waals surface area contributed by atoms with Crippen molar-refractivity contribution in [1.29, 1.82) is 0 Å². The minimum absolute atomic E-state index is 0. The Balaban J connectivity index is 0. The molecular formula is C22H37KN2O8. The van der Waals surface area contributed by atoms with Crippen LogP contribution in [0.25, 0.3) is 0 Å². The van der Waals surface area contributed by atoms with Crippen LogP contribution in [0.5, 0.6) is 0 Å². The zero-order valence-electron chi connectivity index (χ0n) is 19.9. The Morgan fingerprint density at radius 3 is 1.94 bits per heavy atom. The van der Waals surface area contributed by atoms with E-state index in [2.05, 4.69) is 17.0 Å². The Bertz CT molecular complexity index is 615. The van der Waals surface area contributed by atoms with Gasteiger partial charge < -0.3 is 30.8 Å². The Morgan fingerprint density at radius 1 is 0.879 bits per heavy atom. The summed E-state index contributed by atoms with van der Waals surface area (Å²) in [6, 6.07) is -2.66. The van der Waals surface area contributed by atoms with E-state index in [9.17, 15) is 29.1 Å². The molecule has 184 valence electrons. The fourth-order valence-corrected chi connectivity index (χ4v) is 3.01. The minimum Gasteiger partial charge on any atom is -0.548 e. The molecule has 2 atom stereocenters. The predicted molar refractivity (Wildman–Crippen MR) is 114 cm³/mol. The normalized spacial score (nSPS) is 12.2. The molecule has 1 amide bonds. The van der Waals surface area contributed by atoms with Crippen molar-refractivity contribution in [3.8, 4) is 0 Å². The minimum atomic E-state index is -1.53. The smallest absolute Gasteiger partial charge is 0.548 e. The third kappa shape index (κ3) is 20.3. The molecule has 0 aromatic carbocycles. The molecule has 0 fully saturated rings. The first-order chi connectivity index (χ1) is 15.2. The van der Waals surface area contributed by atoms with Crippen LogP contribution in [-0.2, 0) is 28.7 Å². The Labute approximate surface area is 238 Å². The maximum atomic E-state index is 12.2. The van der Waals surface area contributed by atoms with Gasteiger partial charge in [-0.1, -0.05) is 58.3 Å². The van der Waals surface area contributed by atoms with E-state index in [0.717, 1.165) is 19.3 Å². The first kappa shape index (κ1) is 34.3. The number of aliphatic carboxylic acids is 2. The van der Waals surface area contributed by atoms with Gasteiger partial charge in [-0.05, 0) is 19.3 Å². The largest absolute Gasteiger partial charge is 1.00 e. The van der Waals surface area contributed by atoms with Gasteiger partial charge in [0.25, 0.3) is 0 Å². The van der Waals surface area contributed by atoms with Gasteiger partial charge >= 0.3 is 69.3 Å². The molecule has 0 bridgehead atoms. The van der Waals surface area contributed by atoms with E-state index in [4.69, 9.17) is 10.8 Å². The summed E-state index contributed by atoms with van der Waals surface area (Å²) in [5, 5.41) is 21.8. The van der Waals surface area contributed by atoms with Crippen LogP contribution in [0.2, 0.25) is 0 Å². The van der Waals surface area contributed by atoms with Gasteiger partial charge in [0.2, 0.25) is 5.91 Å². The molecular weight excluding hydrogens is 459 g/mol. The summed E-state index contributed by atoms with van der Waals surface area (Å²) in [6.07, 6.45) is 8.60. The van der Waals surface area contributed by atoms with Crippen LogP contribution in [0.15, 0.2) is 0 Å². The first-order valence-electron chi connectivity index (χ1n) is 11.4. The number of unbranched alkanes of at least 4 members (excludes halogenated alkanes) is 8. The van der Waals surface area contributed by atoms with Gasteiger partial charge in [0.05, 0.1) is 5.97 Å². The van der Waals surface area contributed by atoms with Crippen LogP contribution < -0.4 is 67.5 Å². The number of nitrogens with one attached hydrogen (secondary N) is 1. The van der Waals surface area contributed by atoms with E-state index in [0.29, 0.717) is 6.42 Å². The molecule has 0 aromatic heterocycles. The number of carboxylic acids is 2. The molecule has 33 heavy (non-hydrogen) atoms. The van der Waals surface area contributed by atoms with E-state index in [-0.39, 0.29) is 70.6 Å². The van der Waals surface area contributed by atoms with Crippen molar-refractivity contribution in [2.45, 2.75) is 109 Å². The van der Waals surface area contributed by atoms with E-state index in [1.165, 1.54) is 32.1 Å². The molecule has 0 rings (SSSR count). The van der Waals surface area contributed by atoms with Crippen LogP contribution in [0.3, 0.4) is 0 Å². The van der Waals surface area contributed by atoms with Crippen LogP contribution in [0.1, 0.15) is 96.8 Å². The Kier molecular flexibility index (Phi) is 22.5. The standard InChI is InChI=1S/C22H38N2O8.K/c1-2-3-4-5-6-7-8-9-10-11-18(25)24-17(13-14-19(26)27)22(31)32-20(28)15-12-16(23)21(29)30;/h16-17H,2-15,23H2,1H3,(H,24,25)(H,26,27)(H,29,30);/q;+1/p-1/t16-,17-;/m0./s1. The topological polar surface area (TPSA) is 176 Å². The second kappa shape index (κ2) is 21.7. The van der Waals surface area contributed by atoms with Crippen LogP contribution in [0.4, 0.5) is 0 Å². The quantitative estimate of drug-likeness (QED) is 0.0805. The number of carbonyl (C=O) groups is 5. The summed E-state index contributed by atoms with van der Waals surface area (Å²) < 4.78 is 4.62. The number of rotatable bonds is 19. The average Bonchev–Trinajstić information content (AvgIpc) is 2.73. The zero-order valence-corrected chi connectivity index (χ0v) is 23.1. The van der Waals surface area contributed by atoms with Crippen LogP contribution in [0, 0.1) is 0 Å². The first-order valence-corrected chi connectivity index (χ1v) is 11.4. The molecule has 0 aromatic rings. The Hall–Kier alpha value is -0.854. The number of hydrogen-bond donors (Lipinski definition) is 3. The second-order valence-electron chi connectivity index (χ2n) is 7.89. The third-order valence-electron chi connectivity index (χ3n) is 4.95. The van der Waals surface area contributed by atoms with Gasteiger partial charge in [0.1, 0.15) is 6.04 Å². The second-order valence-corrected chi connectivity index (χ2v) is 7.89. The van der Waals surface area contributed by atoms with Crippen molar-refractivity contribution >= 4 is 29.8 Å². The number of carboxylic acid groups (broad SMARTS) is 2. The summed E-state index contributed by atoms with van der Waals surface area (Å²) in [5.74, 6) is -5.22. The summed E-state index contributed by atoms with van der Waals surface area (Å²) in [5.41, 5.74) is 5.23. The van der Waals surface area contributed by atoms with Crippen molar-refractivity contribution < 1.29 is 90.3 Å². The van der Waals surface area contributed by atoms with Gasteiger partial charge in [0.15, 0.2) is 0 Å². The van der Waals surface area contributed by atoms with Gasteiger partial charge in [0, 0.05) is 25.3 Å². The fourth-order valence-electron chi connectivity index (χ4n) is 3.01. The van der Waals surface area contributed by atoms with Gasteiger partial charge in [-0.3, -0.25) is 14.4 Å². The molecule has 0 saturated carbocycles. The number of hydrogen-bond acceptors (Lipinski definition) is 8. The fraction of sp³-hybridized carbons (Fsp3) is 0.773. The maximum absolute atomic E-state index is 12.2. The number of carbonyl (C=O) groups excluding carboxylic acids is 4. The summed E-state index contributed by atoms with van der Waals surface area (Å²) in [4.78, 5) is 57.4. The molecule has 0 aliphatic rings. The van der Waals surface area contributed by atoms with E-state index in [1.807, 2.05) is 0 Å². The molecule has 11 heteroatoms. The number of amides is 1. The number of ether oxygens (including phenoxy) is 1. The van der Waals surface area contributed by atoms with E-state index >= 15 is 0 Å². The summed E-state index contributed by atoms with van der Waals surface area (Å²) in [7, 11) is 0. The molecule has 0 aliphatic carbocycles. The summed E-state index contributed by atoms with van der Waals surface area (Å²) in [6.45, 7) is 2.17. The molecule has 0 radical (unpaired) electrons. The van der Waals surface area contributed by atoms with Crippen molar-refractivity contribution in [3.05, 3.63) is 0 Å². The molecule has 0 saturated heterocycles.